The van der Waals surface area contributed by atoms with Crippen LogP contribution in [0, 0.1) is 6.92 Å². The van der Waals surface area contributed by atoms with Crippen LogP contribution in [0.25, 0.3) is 5.69 Å². The molecule has 0 saturated carbocycles. The van der Waals surface area contributed by atoms with Crippen molar-refractivity contribution >= 4 is 34.7 Å². The molecule has 0 unspecified atom stereocenters. The van der Waals surface area contributed by atoms with Gasteiger partial charge in [0.05, 0.1) is 12.2 Å². The number of aromatic nitrogens is 3. The van der Waals surface area contributed by atoms with Gasteiger partial charge in [-0.1, -0.05) is 29.4 Å². The van der Waals surface area contributed by atoms with Crippen molar-refractivity contribution in [3.63, 3.8) is 0 Å². The van der Waals surface area contributed by atoms with Crippen molar-refractivity contribution < 1.29 is 5.11 Å². The fraction of sp³-hybridized carbons (Fsp3) is 0.368. The molecule has 2 aromatic heterocycles. The number of hydrogen-bond donors (Lipinski definition) is 1. The SMILES string of the molecule is Cc1ccsc1CN(C)Cc1nnc(SCCCO)n1-c1cccc(Cl)c1. The van der Waals surface area contributed by atoms with Gasteiger partial charge in [0.25, 0.3) is 0 Å². The lowest BCUT2D eigenvalue weighted by atomic mass is 10.3. The molecule has 0 aliphatic rings. The number of benzene rings is 1. The Bertz CT molecular complexity index is 880. The van der Waals surface area contributed by atoms with Crippen molar-refractivity contribution in [2.75, 3.05) is 19.4 Å². The summed E-state index contributed by atoms with van der Waals surface area (Å²) in [6.07, 6.45) is 0.722. The van der Waals surface area contributed by atoms with Gasteiger partial charge < -0.3 is 5.11 Å². The van der Waals surface area contributed by atoms with Gasteiger partial charge in [0.2, 0.25) is 0 Å². The molecule has 0 bridgehead atoms. The van der Waals surface area contributed by atoms with Gasteiger partial charge in [0.1, 0.15) is 0 Å². The van der Waals surface area contributed by atoms with Crippen LogP contribution in [0.15, 0.2) is 40.9 Å². The minimum Gasteiger partial charge on any atom is -0.396 e. The quantitative estimate of drug-likeness (QED) is 0.409. The minimum absolute atomic E-state index is 0.175. The standard InChI is InChI=1S/C19H23ClN4OS2/c1-14-7-10-26-17(14)12-23(2)13-18-21-22-19(27-9-4-8-25)24(18)16-6-3-5-15(20)11-16/h3,5-7,10-11,25H,4,8-9,12-13H2,1-2H3. The van der Waals surface area contributed by atoms with Gasteiger partial charge in [-0.05, 0) is 55.6 Å². The van der Waals surface area contributed by atoms with Crippen LogP contribution in [0.2, 0.25) is 5.02 Å². The van der Waals surface area contributed by atoms with Crippen LogP contribution < -0.4 is 0 Å². The number of rotatable bonds is 9. The van der Waals surface area contributed by atoms with Gasteiger partial charge in [-0.25, -0.2) is 0 Å². The van der Waals surface area contributed by atoms with Crippen LogP contribution >= 0.6 is 34.7 Å². The van der Waals surface area contributed by atoms with Crippen molar-refractivity contribution in [1.82, 2.24) is 19.7 Å². The molecule has 27 heavy (non-hydrogen) atoms. The van der Waals surface area contributed by atoms with Crippen molar-refractivity contribution in [2.45, 2.75) is 31.6 Å². The molecule has 1 N–H and O–H groups in total. The molecular formula is C19H23ClN4OS2. The van der Waals surface area contributed by atoms with Crippen LogP contribution in [-0.2, 0) is 13.1 Å². The molecule has 0 radical (unpaired) electrons. The number of thiophene rings is 1. The highest BCUT2D eigenvalue weighted by molar-refractivity contribution is 7.99. The Morgan fingerprint density at radius 1 is 1.26 bits per heavy atom. The summed E-state index contributed by atoms with van der Waals surface area (Å²) in [5, 5.41) is 21.5. The Kier molecular flexibility index (Phi) is 7.32. The van der Waals surface area contributed by atoms with Crippen LogP contribution in [0.3, 0.4) is 0 Å². The molecule has 8 heteroatoms. The molecule has 0 fully saturated rings. The maximum Gasteiger partial charge on any atom is 0.195 e. The predicted octanol–water partition coefficient (Wildman–Crippen LogP) is 4.40. The summed E-state index contributed by atoms with van der Waals surface area (Å²) in [6, 6.07) is 9.88. The van der Waals surface area contributed by atoms with Crippen molar-refractivity contribution in [3.8, 4) is 5.69 Å². The van der Waals surface area contributed by atoms with Crippen LogP contribution in [0.5, 0.6) is 0 Å². The highest BCUT2D eigenvalue weighted by Crippen LogP contribution is 2.25. The third-order valence-corrected chi connectivity index (χ3v) is 6.35. The second kappa shape index (κ2) is 9.71. The maximum atomic E-state index is 9.06. The van der Waals surface area contributed by atoms with Gasteiger partial charge in [0.15, 0.2) is 11.0 Å². The number of aliphatic hydroxyl groups is 1. The molecule has 0 aliphatic heterocycles. The molecule has 0 spiro atoms. The molecule has 3 aromatic rings. The van der Waals surface area contributed by atoms with Gasteiger partial charge in [0, 0.05) is 28.8 Å². The molecule has 1 aromatic carbocycles. The zero-order valence-corrected chi connectivity index (χ0v) is 17.8. The van der Waals surface area contributed by atoms with Crippen LogP contribution in [0.4, 0.5) is 0 Å². The fourth-order valence-corrected chi connectivity index (χ4v) is 4.77. The van der Waals surface area contributed by atoms with Crippen LogP contribution in [-0.4, -0.2) is 44.2 Å². The first-order chi connectivity index (χ1) is 13.1. The molecule has 5 nitrogen and oxygen atoms in total. The monoisotopic (exact) mass is 422 g/mol. The zero-order valence-electron chi connectivity index (χ0n) is 15.4. The van der Waals surface area contributed by atoms with E-state index in [9.17, 15) is 0 Å². The molecule has 0 saturated heterocycles. The topological polar surface area (TPSA) is 54.2 Å². The fourth-order valence-electron chi connectivity index (χ4n) is 2.71. The van der Waals surface area contributed by atoms with Gasteiger partial charge in [-0.15, -0.1) is 21.5 Å². The van der Waals surface area contributed by atoms with E-state index in [-0.39, 0.29) is 6.61 Å². The average Bonchev–Trinajstić information content (AvgIpc) is 3.22. The van der Waals surface area contributed by atoms with E-state index in [1.165, 1.54) is 10.4 Å². The van der Waals surface area contributed by atoms with E-state index in [1.54, 1.807) is 23.1 Å². The molecule has 0 atom stereocenters. The first-order valence-corrected chi connectivity index (χ1v) is 11.0. The Balaban J connectivity index is 1.84. The largest absolute Gasteiger partial charge is 0.396 e. The number of aryl methyl sites for hydroxylation is 1. The van der Waals surface area contributed by atoms with E-state index < -0.39 is 0 Å². The van der Waals surface area contributed by atoms with Gasteiger partial charge in [-0.3, -0.25) is 9.47 Å². The first-order valence-electron chi connectivity index (χ1n) is 8.74. The molecule has 0 amide bonds. The van der Waals surface area contributed by atoms with Crippen LogP contribution in [0.1, 0.15) is 22.7 Å². The number of nitrogens with zero attached hydrogens (tertiary/aromatic N) is 4. The summed E-state index contributed by atoms with van der Waals surface area (Å²) < 4.78 is 2.06. The Morgan fingerprint density at radius 3 is 2.81 bits per heavy atom. The molecule has 0 aliphatic carbocycles. The highest BCUT2D eigenvalue weighted by atomic mass is 35.5. The summed E-state index contributed by atoms with van der Waals surface area (Å²) in [7, 11) is 2.09. The lowest BCUT2D eigenvalue weighted by Crippen LogP contribution is -2.20. The van der Waals surface area contributed by atoms with E-state index in [2.05, 4.69) is 45.1 Å². The normalized spacial score (nSPS) is 11.4. The Labute approximate surface area is 173 Å². The Hall–Kier alpha value is -1.38. The smallest absolute Gasteiger partial charge is 0.195 e. The van der Waals surface area contributed by atoms with Gasteiger partial charge in [-0.2, -0.15) is 0 Å². The van der Waals surface area contributed by atoms with E-state index in [0.717, 1.165) is 35.4 Å². The summed E-state index contributed by atoms with van der Waals surface area (Å²) >= 11 is 9.59. The zero-order chi connectivity index (χ0) is 19.2. The number of hydrogen-bond acceptors (Lipinski definition) is 6. The number of aliphatic hydroxyl groups excluding tert-OH is 1. The highest BCUT2D eigenvalue weighted by Gasteiger charge is 2.17. The second-order valence-electron chi connectivity index (χ2n) is 6.34. The molecular weight excluding hydrogens is 400 g/mol. The molecule has 144 valence electrons. The van der Waals surface area contributed by atoms with E-state index in [4.69, 9.17) is 16.7 Å². The molecule has 2 heterocycles. The number of halogens is 1. The first kappa shape index (κ1) is 20.4. The summed E-state index contributed by atoms with van der Waals surface area (Å²) in [5.41, 5.74) is 2.28. The summed E-state index contributed by atoms with van der Waals surface area (Å²) in [4.78, 5) is 3.61. The third-order valence-electron chi connectivity index (χ3n) is 4.09. The number of thioether (sulfide) groups is 1. The third kappa shape index (κ3) is 5.33. The molecule has 3 rings (SSSR count). The average molecular weight is 423 g/mol. The van der Waals surface area contributed by atoms with E-state index >= 15 is 0 Å². The van der Waals surface area contributed by atoms with Crippen molar-refractivity contribution in [1.29, 1.82) is 0 Å². The second-order valence-corrected chi connectivity index (χ2v) is 8.84. The van der Waals surface area contributed by atoms with Gasteiger partial charge >= 0.3 is 0 Å². The minimum atomic E-state index is 0.175. The van der Waals surface area contributed by atoms with Crippen molar-refractivity contribution in [2.24, 2.45) is 0 Å². The summed E-state index contributed by atoms with van der Waals surface area (Å²) in [5.74, 6) is 1.67. The van der Waals surface area contributed by atoms with E-state index in [1.807, 2.05) is 24.3 Å². The van der Waals surface area contributed by atoms with E-state index in [0.29, 0.717) is 11.6 Å². The predicted molar refractivity (Wildman–Crippen MR) is 113 cm³/mol. The lowest BCUT2D eigenvalue weighted by molar-refractivity contribution is 0.296. The lowest BCUT2D eigenvalue weighted by Gasteiger charge is -2.17. The van der Waals surface area contributed by atoms with Crippen molar-refractivity contribution in [3.05, 3.63) is 57.0 Å². The Morgan fingerprint density at radius 2 is 2.11 bits per heavy atom. The summed E-state index contributed by atoms with van der Waals surface area (Å²) in [6.45, 7) is 3.87. The maximum absolute atomic E-state index is 9.06.